The Kier molecular flexibility index (Phi) is 4.57. The number of hydrogen-bond donors (Lipinski definition) is 0. The van der Waals surface area contributed by atoms with Crippen molar-refractivity contribution in [1.82, 2.24) is 9.29 Å². The first-order chi connectivity index (χ1) is 14.9. The van der Waals surface area contributed by atoms with Crippen molar-refractivity contribution in [3.05, 3.63) is 94.5 Å². The van der Waals surface area contributed by atoms with Crippen molar-refractivity contribution < 1.29 is 13.2 Å². The van der Waals surface area contributed by atoms with E-state index in [4.69, 9.17) is 16.6 Å². The number of carbonyl (C=O) groups is 1. The van der Waals surface area contributed by atoms with Crippen molar-refractivity contribution in [2.75, 3.05) is 0 Å². The minimum Gasteiger partial charge on any atom is -0.268 e. The van der Waals surface area contributed by atoms with Gasteiger partial charge in [0.2, 0.25) is 0 Å². The van der Waals surface area contributed by atoms with Gasteiger partial charge >= 0.3 is 0 Å². The molecule has 0 unspecified atom stereocenters. The lowest BCUT2D eigenvalue weighted by atomic mass is 9.98. The molecular formula is C24H17ClN2O3S. The Morgan fingerprint density at radius 2 is 1.68 bits per heavy atom. The summed E-state index contributed by atoms with van der Waals surface area (Å²) < 4.78 is 27.6. The van der Waals surface area contributed by atoms with E-state index in [-0.39, 0.29) is 11.4 Å². The summed E-state index contributed by atoms with van der Waals surface area (Å²) in [7, 11) is -4.03. The molecule has 0 saturated carbocycles. The van der Waals surface area contributed by atoms with Crippen LogP contribution in [0.4, 0.5) is 0 Å². The highest BCUT2D eigenvalue weighted by atomic mass is 35.5. The molecule has 0 spiro atoms. The Labute approximate surface area is 185 Å². The van der Waals surface area contributed by atoms with E-state index < -0.39 is 15.9 Å². The number of aromatic nitrogens is 1. The van der Waals surface area contributed by atoms with Gasteiger partial charge in [-0.05, 0) is 37.3 Å². The Hall–Kier alpha value is -3.22. The highest BCUT2D eigenvalue weighted by molar-refractivity contribution is 7.89. The number of nitrogens with zero attached hydrogens (tertiary/aromatic N) is 2. The average Bonchev–Trinajstić information content (AvgIpc) is 3.12. The van der Waals surface area contributed by atoms with Gasteiger partial charge in [-0.2, -0.15) is 0 Å². The van der Waals surface area contributed by atoms with E-state index in [9.17, 15) is 13.2 Å². The number of hydrogen-bond acceptors (Lipinski definition) is 4. The van der Waals surface area contributed by atoms with E-state index >= 15 is 0 Å². The van der Waals surface area contributed by atoms with Gasteiger partial charge in [-0.25, -0.2) is 17.7 Å². The molecule has 0 aliphatic carbocycles. The SMILES string of the molecule is Cc1ccc(S(=O)(=O)N2Cc3c(-c4ccccc4)nc4ccc(Cl)cc4c3C2=O)cc1. The van der Waals surface area contributed by atoms with E-state index in [0.29, 0.717) is 32.7 Å². The number of halogens is 1. The maximum Gasteiger partial charge on any atom is 0.269 e. The van der Waals surface area contributed by atoms with Crippen LogP contribution in [0.25, 0.3) is 22.2 Å². The molecule has 0 fully saturated rings. The molecule has 1 aliphatic rings. The van der Waals surface area contributed by atoms with Crippen molar-refractivity contribution >= 4 is 38.4 Å². The zero-order valence-electron chi connectivity index (χ0n) is 16.5. The highest BCUT2D eigenvalue weighted by Crippen LogP contribution is 2.39. The smallest absolute Gasteiger partial charge is 0.268 e. The summed E-state index contributed by atoms with van der Waals surface area (Å²) in [6, 6.07) is 21.0. The number of amides is 1. The van der Waals surface area contributed by atoms with Crippen LogP contribution < -0.4 is 0 Å². The van der Waals surface area contributed by atoms with Crippen LogP contribution in [0.2, 0.25) is 5.02 Å². The lowest BCUT2D eigenvalue weighted by Crippen LogP contribution is -2.31. The van der Waals surface area contributed by atoms with Crippen LogP contribution in [0.3, 0.4) is 0 Å². The third-order valence-electron chi connectivity index (χ3n) is 5.45. The minimum atomic E-state index is -4.03. The minimum absolute atomic E-state index is 0.0793. The van der Waals surface area contributed by atoms with Gasteiger partial charge in [-0.15, -0.1) is 0 Å². The molecule has 2 heterocycles. The lowest BCUT2D eigenvalue weighted by Gasteiger charge is -2.16. The van der Waals surface area contributed by atoms with Crippen LogP contribution in [0.1, 0.15) is 21.5 Å². The first-order valence-electron chi connectivity index (χ1n) is 9.67. The number of pyridine rings is 1. The van der Waals surface area contributed by atoms with Crippen LogP contribution in [0.15, 0.2) is 77.7 Å². The maximum atomic E-state index is 13.5. The Morgan fingerprint density at radius 1 is 0.968 bits per heavy atom. The molecule has 3 aromatic carbocycles. The molecular weight excluding hydrogens is 432 g/mol. The molecule has 0 saturated heterocycles. The van der Waals surface area contributed by atoms with Crippen molar-refractivity contribution in [1.29, 1.82) is 0 Å². The third-order valence-corrected chi connectivity index (χ3v) is 7.42. The molecule has 5 rings (SSSR count). The molecule has 0 bridgehead atoms. The second-order valence-electron chi connectivity index (χ2n) is 7.47. The molecule has 0 atom stereocenters. The summed E-state index contributed by atoms with van der Waals surface area (Å²) in [6.45, 7) is 1.80. The monoisotopic (exact) mass is 448 g/mol. The summed E-state index contributed by atoms with van der Waals surface area (Å²) in [4.78, 5) is 18.3. The number of carbonyl (C=O) groups excluding carboxylic acids is 1. The number of benzene rings is 3. The van der Waals surface area contributed by atoms with E-state index in [0.717, 1.165) is 15.4 Å². The fraction of sp³-hybridized carbons (Fsp3) is 0.0833. The van der Waals surface area contributed by atoms with Crippen LogP contribution in [-0.2, 0) is 16.6 Å². The van der Waals surface area contributed by atoms with Crippen molar-refractivity contribution in [2.45, 2.75) is 18.4 Å². The van der Waals surface area contributed by atoms with Crippen LogP contribution in [0, 0.1) is 6.92 Å². The average molecular weight is 449 g/mol. The molecule has 0 radical (unpaired) electrons. The van der Waals surface area contributed by atoms with E-state index in [1.165, 1.54) is 12.1 Å². The molecule has 1 amide bonds. The summed E-state index contributed by atoms with van der Waals surface area (Å²) >= 11 is 6.19. The van der Waals surface area contributed by atoms with Crippen LogP contribution in [-0.4, -0.2) is 23.6 Å². The van der Waals surface area contributed by atoms with Gasteiger partial charge in [-0.3, -0.25) is 4.79 Å². The predicted octanol–water partition coefficient (Wildman–Crippen LogP) is 5.21. The van der Waals surface area contributed by atoms with E-state index in [2.05, 4.69) is 0 Å². The number of fused-ring (bicyclic) bond motifs is 3. The van der Waals surface area contributed by atoms with Gasteiger partial charge < -0.3 is 0 Å². The number of aryl methyl sites for hydroxylation is 1. The fourth-order valence-corrected chi connectivity index (χ4v) is 5.39. The maximum absolute atomic E-state index is 13.5. The van der Waals surface area contributed by atoms with E-state index in [1.54, 1.807) is 30.3 Å². The second-order valence-corrected chi connectivity index (χ2v) is 9.77. The quantitative estimate of drug-likeness (QED) is 0.431. The highest BCUT2D eigenvalue weighted by Gasteiger charge is 2.40. The van der Waals surface area contributed by atoms with Crippen molar-refractivity contribution in [3.8, 4) is 11.3 Å². The summed E-state index contributed by atoms with van der Waals surface area (Å²) in [5.74, 6) is -0.567. The molecule has 154 valence electrons. The number of rotatable bonds is 3. The Bertz CT molecular complexity index is 1450. The first-order valence-corrected chi connectivity index (χ1v) is 11.5. The third kappa shape index (κ3) is 3.19. The summed E-state index contributed by atoms with van der Waals surface area (Å²) in [5.41, 5.74) is 3.86. The van der Waals surface area contributed by atoms with Gasteiger partial charge in [0.1, 0.15) is 0 Å². The van der Waals surface area contributed by atoms with E-state index in [1.807, 2.05) is 37.3 Å². The zero-order valence-corrected chi connectivity index (χ0v) is 18.1. The lowest BCUT2D eigenvalue weighted by molar-refractivity contribution is 0.0880. The normalized spacial score (nSPS) is 13.6. The van der Waals surface area contributed by atoms with Gasteiger partial charge in [0.25, 0.3) is 15.9 Å². The summed E-state index contributed by atoms with van der Waals surface area (Å²) in [5, 5.41) is 1.00. The van der Waals surface area contributed by atoms with Crippen molar-refractivity contribution in [3.63, 3.8) is 0 Å². The molecule has 5 nitrogen and oxygen atoms in total. The Balaban J connectivity index is 1.74. The molecule has 4 aromatic rings. The van der Waals surface area contributed by atoms with Crippen molar-refractivity contribution in [2.24, 2.45) is 0 Å². The fourth-order valence-electron chi connectivity index (χ4n) is 3.88. The van der Waals surface area contributed by atoms with Crippen LogP contribution >= 0.6 is 11.6 Å². The predicted molar refractivity (Wildman–Crippen MR) is 120 cm³/mol. The summed E-state index contributed by atoms with van der Waals surface area (Å²) in [6.07, 6.45) is 0. The van der Waals surface area contributed by atoms with Crippen LogP contribution in [0.5, 0.6) is 0 Å². The van der Waals surface area contributed by atoms with Gasteiger partial charge in [0.15, 0.2) is 0 Å². The van der Waals surface area contributed by atoms with Gasteiger partial charge in [0, 0.05) is 21.5 Å². The topological polar surface area (TPSA) is 67.3 Å². The number of sulfonamides is 1. The second kappa shape index (κ2) is 7.18. The molecule has 0 N–H and O–H groups in total. The van der Waals surface area contributed by atoms with Gasteiger partial charge in [0.05, 0.1) is 28.2 Å². The van der Waals surface area contributed by atoms with Gasteiger partial charge in [-0.1, -0.05) is 59.6 Å². The first kappa shape index (κ1) is 19.7. The molecule has 1 aromatic heterocycles. The Morgan fingerprint density at radius 3 is 2.39 bits per heavy atom. The molecule has 31 heavy (non-hydrogen) atoms. The zero-order chi connectivity index (χ0) is 21.8. The largest absolute Gasteiger partial charge is 0.269 e. The molecule has 7 heteroatoms. The standard InChI is InChI=1S/C24H17ClN2O3S/c1-15-7-10-18(11-8-15)31(29,30)27-14-20-22(24(27)28)19-13-17(25)9-12-21(19)26-23(20)16-5-3-2-4-6-16/h2-13H,14H2,1H3. The molecule has 1 aliphatic heterocycles.